The quantitative estimate of drug-likeness (QED) is 0.329. The average molecular weight is 489 g/mol. The van der Waals surface area contributed by atoms with E-state index < -0.39 is 6.04 Å². The molecule has 0 aliphatic carbocycles. The summed E-state index contributed by atoms with van der Waals surface area (Å²) in [6, 6.07) is 27.8. The molecule has 2 amide bonds. The number of carbonyl (C=O) groups is 2. The van der Waals surface area contributed by atoms with Crippen LogP contribution < -0.4 is 5.32 Å². The Hall–Kier alpha value is -3.05. The molecule has 0 saturated carbocycles. The van der Waals surface area contributed by atoms with Gasteiger partial charge in [-0.2, -0.15) is 11.8 Å². The summed E-state index contributed by atoms with van der Waals surface area (Å²) in [4.78, 5) is 28.7. The monoisotopic (exact) mass is 488 g/mol. The fraction of sp³-hybridized carbons (Fsp3) is 0.333. The van der Waals surface area contributed by atoms with Crippen molar-refractivity contribution < 1.29 is 9.59 Å². The highest BCUT2D eigenvalue weighted by Gasteiger charge is 2.30. The van der Waals surface area contributed by atoms with Crippen molar-refractivity contribution in [3.63, 3.8) is 0 Å². The molecular formula is C30H36N2O2S. The normalized spacial score (nSPS) is 11.8. The van der Waals surface area contributed by atoms with Crippen LogP contribution in [0.2, 0.25) is 0 Å². The summed E-state index contributed by atoms with van der Waals surface area (Å²) in [6.07, 6.45) is 0.873. The highest BCUT2D eigenvalue weighted by atomic mass is 32.2. The van der Waals surface area contributed by atoms with Crippen LogP contribution in [0.15, 0.2) is 84.9 Å². The Balaban J connectivity index is 1.79. The van der Waals surface area contributed by atoms with Gasteiger partial charge in [-0.15, -0.1) is 0 Å². The van der Waals surface area contributed by atoms with Crippen molar-refractivity contribution in [1.82, 2.24) is 10.2 Å². The molecule has 1 N–H and O–H groups in total. The molecule has 0 saturated heterocycles. The third-order valence-corrected chi connectivity index (χ3v) is 6.74. The van der Waals surface area contributed by atoms with Gasteiger partial charge in [0.25, 0.3) is 0 Å². The van der Waals surface area contributed by atoms with E-state index in [0.29, 0.717) is 25.1 Å². The van der Waals surface area contributed by atoms with E-state index in [-0.39, 0.29) is 17.9 Å². The lowest BCUT2D eigenvalue weighted by Gasteiger charge is -2.32. The molecule has 0 aromatic heterocycles. The number of amides is 2. The third-order valence-electron chi connectivity index (χ3n) is 5.71. The molecule has 0 fully saturated rings. The van der Waals surface area contributed by atoms with Gasteiger partial charge in [0, 0.05) is 36.9 Å². The first kappa shape index (κ1) is 26.6. The van der Waals surface area contributed by atoms with Crippen molar-refractivity contribution in [3.05, 3.63) is 107 Å². The largest absolute Gasteiger partial charge is 0.352 e. The first-order chi connectivity index (χ1) is 16.9. The molecule has 3 rings (SSSR count). The summed E-state index contributed by atoms with van der Waals surface area (Å²) in [5.41, 5.74) is 4.46. The van der Waals surface area contributed by atoms with Crippen LogP contribution in [0.4, 0.5) is 0 Å². The fourth-order valence-corrected chi connectivity index (χ4v) is 4.90. The molecule has 0 radical (unpaired) electrons. The van der Waals surface area contributed by atoms with Gasteiger partial charge in [0.15, 0.2) is 0 Å². The zero-order valence-corrected chi connectivity index (χ0v) is 21.8. The maximum absolute atomic E-state index is 13.6. The summed E-state index contributed by atoms with van der Waals surface area (Å²) < 4.78 is 0. The molecule has 4 nitrogen and oxygen atoms in total. The van der Waals surface area contributed by atoms with Crippen molar-refractivity contribution in [1.29, 1.82) is 0 Å². The molecule has 0 unspecified atom stereocenters. The van der Waals surface area contributed by atoms with Gasteiger partial charge in [-0.25, -0.2) is 0 Å². The Bertz CT molecular complexity index is 1070. The molecule has 0 aliphatic heterocycles. The lowest BCUT2D eigenvalue weighted by atomic mass is 10.0. The van der Waals surface area contributed by atoms with Crippen LogP contribution in [0.25, 0.3) is 0 Å². The number of rotatable bonds is 12. The number of aryl methyl sites for hydroxylation is 1. The SMILES string of the molecule is Cc1cccc(CN(C(=O)CCSCc2ccccc2)[C@@H](Cc2ccccc2)C(=O)NC(C)C)c1. The molecule has 1 atom stereocenters. The van der Waals surface area contributed by atoms with E-state index in [4.69, 9.17) is 0 Å². The number of carbonyl (C=O) groups excluding carboxylic acids is 2. The van der Waals surface area contributed by atoms with Gasteiger partial charge in [0.2, 0.25) is 11.8 Å². The van der Waals surface area contributed by atoms with Crippen LogP contribution in [0.5, 0.6) is 0 Å². The third kappa shape index (κ3) is 8.91. The van der Waals surface area contributed by atoms with E-state index in [9.17, 15) is 9.59 Å². The lowest BCUT2D eigenvalue weighted by molar-refractivity contribution is -0.141. The predicted molar refractivity (Wildman–Crippen MR) is 146 cm³/mol. The Morgan fingerprint density at radius 1 is 0.857 bits per heavy atom. The molecule has 0 aliphatic rings. The fourth-order valence-electron chi connectivity index (χ4n) is 4.01. The summed E-state index contributed by atoms with van der Waals surface area (Å²) in [7, 11) is 0. The van der Waals surface area contributed by atoms with E-state index in [0.717, 1.165) is 22.4 Å². The summed E-state index contributed by atoms with van der Waals surface area (Å²) >= 11 is 1.75. The van der Waals surface area contributed by atoms with Crippen LogP contribution in [0, 0.1) is 6.92 Å². The van der Waals surface area contributed by atoms with Gasteiger partial charge >= 0.3 is 0 Å². The second-order valence-corrected chi connectivity index (χ2v) is 10.3. The lowest BCUT2D eigenvalue weighted by Crippen LogP contribution is -2.51. The first-order valence-electron chi connectivity index (χ1n) is 12.2. The van der Waals surface area contributed by atoms with Crippen molar-refractivity contribution in [2.24, 2.45) is 0 Å². The smallest absolute Gasteiger partial charge is 0.243 e. The van der Waals surface area contributed by atoms with Crippen LogP contribution >= 0.6 is 11.8 Å². The number of hydrogen-bond acceptors (Lipinski definition) is 3. The Morgan fingerprint density at radius 3 is 2.11 bits per heavy atom. The number of hydrogen-bond donors (Lipinski definition) is 1. The molecule has 3 aromatic carbocycles. The van der Waals surface area contributed by atoms with Crippen LogP contribution in [-0.4, -0.2) is 34.6 Å². The van der Waals surface area contributed by atoms with E-state index in [1.807, 2.05) is 87.5 Å². The number of thioether (sulfide) groups is 1. The summed E-state index contributed by atoms with van der Waals surface area (Å²) in [6.45, 7) is 6.35. The first-order valence-corrected chi connectivity index (χ1v) is 13.4. The number of nitrogens with zero attached hydrogens (tertiary/aromatic N) is 1. The minimum atomic E-state index is -0.577. The molecule has 0 bridgehead atoms. The maximum Gasteiger partial charge on any atom is 0.243 e. The van der Waals surface area contributed by atoms with Crippen molar-refractivity contribution in [2.75, 3.05) is 5.75 Å². The Morgan fingerprint density at radius 2 is 1.49 bits per heavy atom. The average Bonchev–Trinajstić information content (AvgIpc) is 2.85. The highest BCUT2D eigenvalue weighted by Crippen LogP contribution is 2.19. The van der Waals surface area contributed by atoms with Gasteiger partial charge in [0.05, 0.1) is 0 Å². The second-order valence-electron chi connectivity index (χ2n) is 9.17. The van der Waals surface area contributed by atoms with Crippen LogP contribution in [0.3, 0.4) is 0 Å². The molecule has 0 heterocycles. The predicted octanol–water partition coefficient (Wildman–Crippen LogP) is 5.78. The zero-order valence-electron chi connectivity index (χ0n) is 20.9. The van der Waals surface area contributed by atoms with Crippen LogP contribution in [0.1, 0.15) is 42.5 Å². The highest BCUT2D eigenvalue weighted by molar-refractivity contribution is 7.98. The maximum atomic E-state index is 13.6. The van der Waals surface area contributed by atoms with Crippen molar-refractivity contribution in [3.8, 4) is 0 Å². The van der Waals surface area contributed by atoms with E-state index >= 15 is 0 Å². The summed E-state index contributed by atoms with van der Waals surface area (Å²) in [5.74, 6) is 1.48. The minimum absolute atomic E-state index is 0.00174. The van der Waals surface area contributed by atoms with Gasteiger partial charge in [0.1, 0.15) is 6.04 Å². The minimum Gasteiger partial charge on any atom is -0.352 e. The number of nitrogens with one attached hydrogen (secondary N) is 1. The van der Waals surface area contributed by atoms with E-state index in [1.165, 1.54) is 5.56 Å². The van der Waals surface area contributed by atoms with Crippen molar-refractivity contribution in [2.45, 2.75) is 58.0 Å². The standard InChI is InChI=1S/C30H36N2O2S/c1-23(2)31-30(34)28(20-25-12-6-4-7-13-25)32(21-27-16-10-11-24(3)19-27)29(33)17-18-35-22-26-14-8-5-9-15-26/h4-16,19,23,28H,17-18,20-22H2,1-3H3,(H,31,34)/t28-/m0/s1. The molecule has 184 valence electrons. The summed E-state index contributed by atoms with van der Waals surface area (Å²) in [5, 5.41) is 3.05. The van der Waals surface area contributed by atoms with Gasteiger partial charge < -0.3 is 10.2 Å². The topological polar surface area (TPSA) is 49.4 Å². The number of benzene rings is 3. The van der Waals surface area contributed by atoms with Gasteiger partial charge in [-0.1, -0.05) is 90.5 Å². The zero-order chi connectivity index (χ0) is 25.0. The molecule has 5 heteroatoms. The van der Waals surface area contributed by atoms with Crippen molar-refractivity contribution >= 4 is 23.6 Å². The van der Waals surface area contributed by atoms with Gasteiger partial charge in [-0.3, -0.25) is 9.59 Å². The van der Waals surface area contributed by atoms with E-state index in [2.05, 4.69) is 23.5 Å². The van der Waals surface area contributed by atoms with E-state index in [1.54, 1.807) is 16.7 Å². The molecule has 0 spiro atoms. The second kappa shape index (κ2) is 13.7. The molecular weight excluding hydrogens is 452 g/mol. The van der Waals surface area contributed by atoms with Gasteiger partial charge in [-0.05, 0) is 37.5 Å². The molecule has 3 aromatic rings. The Kier molecular flexibility index (Phi) is 10.4. The van der Waals surface area contributed by atoms with Crippen LogP contribution in [-0.2, 0) is 28.3 Å². The molecule has 35 heavy (non-hydrogen) atoms. The Labute approximate surface area is 214 Å².